The zero-order valence-electron chi connectivity index (χ0n) is 17.3. The Labute approximate surface area is 172 Å². The van der Waals surface area contributed by atoms with Crippen molar-refractivity contribution in [3.05, 3.63) is 53.6 Å². The van der Waals surface area contributed by atoms with Crippen LogP contribution in [0, 0.1) is 5.92 Å². The molecule has 0 aliphatic carbocycles. The number of carbonyl (C=O) groups is 1. The molecule has 1 saturated heterocycles. The maximum Gasteiger partial charge on any atom is 0.306 e. The standard InChI is InChI=1S/C23H29NO5/c1-4-29-21-8-6-5-7-18(21)22(24-13-11-16(12-14-24)23(25)26)19-15-17(27-2)9-10-20(19)28-3/h5-10,15-16,22H,4,11-14H2,1-3H3,(H,25,26). The number of likely N-dealkylation sites (tertiary alicyclic amines) is 1. The highest BCUT2D eigenvalue weighted by Crippen LogP contribution is 2.41. The highest BCUT2D eigenvalue weighted by molar-refractivity contribution is 5.70. The van der Waals surface area contributed by atoms with Gasteiger partial charge in [0, 0.05) is 11.1 Å². The lowest BCUT2D eigenvalue weighted by atomic mass is 9.90. The van der Waals surface area contributed by atoms with E-state index in [0.29, 0.717) is 32.5 Å². The van der Waals surface area contributed by atoms with E-state index in [1.165, 1.54) is 0 Å². The van der Waals surface area contributed by atoms with E-state index in [9.17, 15) is 9.90 Å². The van der Waals surface area contributed by atoms with Crippen LogP contribution >= 0.6 is 0 Å². The second kappa shape index (κ2) is 9.65. The Hall–Kier alpha value is -2.73. The van der Waals surface area contributed by atoms with Gasteiger partial charge in [-0.15, -0.1) is 0 Å². The molecular formula is C23H29NO5. The highest BCUT2D eigenvalue weighted by Gasteiger charge is 2.33. The summed E-state index contributed by atoms with van der Waals surface area (Å²) in [5.74, 6) is 1.34. The van der Waals surface area contributed by atoms with Crippen LogP contribution in [0.25, 0.3) is 0 Å². The van der Waals surface area contributed by atoms with Crippen molar-refractivity contribution >= 4 is 5.97 Å². The second-order valence-corrected chi connectivity index (χ2v) is 7.13. The number of benzene rings is 2. The fraction of sp³-hybridized carbons (Fsp3) is 0.435. The number of carboxylic acids is 1. The van der Waals surface area contributed by atoms with Gasteiger partial charge in [0.25, 0.3) is 0 Å². The number of methoxy groups -OCH3 is 2. The fourth-order valence-electron chi connectivity index (χ4n) is 4.01. The van der Waals surface area contributed by atoms with Crippen molar-refractivity contribution < 1.29 is 24.1 Å². The summed E-state index contributed by atoms with van der Waals surface area (Å²) in [5, 5.41) is 9.39. The third kappa shape index (κ3) is 4.65. The summed E-state index contributed by atoms with van der Waals surface area (Å²) in [6.07, 6.45) is 1.24. The number of nitrogens with zero attached hydrogens (tertiary/aromatic N) is 1. The molecule has 1 fully saturated rings. The van der Waals surface area contributed by atoms with Crippen LogP contribution in [0.1, 0.15) is 36.9 Å². The molecule has 1 aliphatic heterocycles. The van der Waals surface area contributed by atoms with Crippen LogP contribution in [0.4, 0.5) is 0 Å². The van der Waals surface area contributed by atoms with Gasteiger partial charge in [0.2, 0.25) is 0 Å². The van der Waals surface area contributed by atoms with Crippen molar-refractivity contribution in [1.29, 1.82) is 0 Å². The first kappa shape index (κ1) is 21.0. The molecule has 6 heteroatoms. The van der Waals surface area contributed by atoms with E-state index in [1.807, 2.05) is 43.3 Å². The van der Waals surface area contributed by atoms with Crippen LogP contribution in [0.3, 0.4) is 0 Å². The molecule has 0 bridgehead atoms. The molecule has 0 radical (unpaired) electrons. The predicted octanol–water partition coefficient (Wildman–Crippen LogP) is 3.99. The van der Waals surface area contributed by atoms with E-state index < -0.39 is 5.97 Å². The number of para-hydroxylation sites is 1. The van der Waals surface area contributed by atoms with Crippen molar-refractivity contribution in [1.82, 2.24) is 4.90 Å². The van der Waals surface area contributed by atoms with Crippen LogP contribution < -0.4 is 14.2 Å². The molecule has 29 heavy (non-hydrogen) atoms. The van der Waals surface area contributed by atoms with E-state index in [1.54, 1.807) is 14.2 Å². The van der Waals surface area contributed by atoms with E-state index in [2.05, 4.69) is 11.0 Å². The molecule has 3 rings (SSSR count). The maximum absolute atomic E-state index is 11.4. The second-order valence-electron chi connectivity index (χ2n) is 7.13. The summed E-state index contributed by atoms with van der Waals surface area (Å²) in [6.45, 7) is 3.90. The molecule has 1 unspecified atom stereocenters. The summed E-state index contributed by atoms with van der Waals surface area (Å²) in [6, 6.07) is 13.7. The van der Waals surface area contributed by atoms with Crippen molar-refractivity contribution in [3.63, 3.8) is 0 Å². The number of piperidine rings is 1. The topological polar surface area (TPSA) is 68.2 Å². The highest BCUT2D eigenvalue weighted by atomic mass is 16.5. The minimum absolute atomic E-state index is 0.127. The van der Waals surface area contributed by atoms with Crippen molar-refractivity contribution in [3.8, 4) is 17.2 Å². The van der Waals surface area contributed by atoms with Gasteiger partial charge >= 0.3 is 5.97 Å². The van der Waals surface area contributed by atoms with Crippen molar-refractivity contribution in [2.45, 2.75) is 25.8 Å². The summed E-state index contributed by atoms with van der Waals surface area (Å²) in [7, 11) is 3.31. The third-order valence-corrected chi connectivity index (χ3v) is 5.49. The Kier molecular flexibility index (Phi) is 6.99. The largest absolute Gasteiger partial charge is 0.497 e. The molecule has 156 valence electrons. The Morgan fingerprint density at radius 3 is 2.41 bits per heavy atom. The Balaban J connectivity index is 2.07. The Bertz CT molecular complexity index is 830. The van der Waals surface area contributed by atoms with E-state index >= 15 is 0 Å². The van der Waals surface area contributed by atoms with Crippen LogP contribution in [0.15, 0.2) is 42.5 Å². The van der Waals surface area contributed by atoms with E-state index in [0.717, 1.165) is 28.4 Å². The number of ether oxygens (including phenoxy) is 3. The molecule has 0 aromatic heterocycles. The molecule has 0 saturated carbocycles. The predicted molar refractivity (Wildman–Crippen MR) is 111 cm³/mol. The monoisotopic (exact) mass is 399 g/mol. The minimum atomic E-state index is -0.713. The van der Waals surface area contributed by atoms with Gasteiger partial charge < -0.3 is 19.3 Å². The zero-order valence-corrected chi connectivity index (χ0v) is 17.3. The number of hydrogen-bond donors (Lipinski definition) is 1. The molecule has 6 nitrogen and oxygen atoms in total. The van der Waals surface area contributed by atoms with Gasteiger partial charge in [-0.3, -0.25) is 9.69 Å². The average molecular weight is 399 g/mol. The first-order valence-electron chi connectivity index (χ1n) is 9.99. The summed E-state index contributed by atoms with van der Waals surface area (Å²) < 4.78 is 17.1. The quantitative estimate of drug-likeness (QED) is 0.724. The van der Waals surface area contributed by atoms with E-state index in [-0.39, 0.29) is 12.0 Å². The van der Waals surface area contributed by atoms with Crippen LogP contribution in [0.2, 0.25) is 0 Å². The maximum atomic E-state index is 11.4. The molecule has 0 spiro atoms. The van der Waals surface area contributed by atoms with Gasteiger partial charge in [-0.25, -0.2) is 0 Å². The van der Waals surface area contributed by atoms with Gasteiger partial charge in [0.15, 0.2) is 0 Å². The van der Waals surface area contributed by atoms with Crippen LogP contribution in [-0.2, 0) is 4.79 Å². The molecule has 1 atom stereocenters. The Morgan fingerprint density at radius 2 is 1.79 bits per heavy atom. The Morgan fingerprint density at radius 1 is 1.07 bits per heavy atom. The molecule has 1 heterocycles. The number of carboxylic acid groups (broad SMARTS) is 1. The molecule has 2 aromatic carbocycles. The molecule has 0 amide bonds. The fourth-order valence-corrected chi connectivity index (χ4v) is 4.01. The third-order valence-electron chi connectivity index (χ3n) is 5.49. The number of hydrogen-bond acceptors (Lipinski definition) is 5. The SMILES string of the molecule is CCOc1ccccc1C(c1cc(OC)ccc1OC)N1CCC(C(=O)O)CC1. The molecule has 1 N–H and O–H groups in total. The lowest BCUT2D eigenvalue weighted by molar-refractivity contribution is -0.143. The van der Waals surface area contributed by atoms with Crippen molar-refractivity contribution in [2.24, 2.45) is 5.92 Å². The first-order valence-corrected chi connectivity index (χ1v) is 9.99. The lowest BCUT2D eigenvalue weighted by Crippen LogP contribution is -2.39. The molecule has 1 aliphatic rings. The van der Waals surface area contributed by atoms with Crippen LogP contribution in [-0.4, -0.2) is 49.9 Å². The normalized spacial score (nSPS) is 16.2. The van der Waals surface area contributed by atoms with Gasteiger partial charge in [-0.1, -0.05) is 18.2 Å². The van der Waals surface area contributed by atoms with Gasteiger partial charge in [0.1, 0.15) is 17.2 Å². The summed E-state index contributed by atoms with van der Waals surface area (Å²) in [4.78, 5) is 13.7. The smallest absolute Gasteiger partial charge is 0.306 e. The van der Waals surface area contributed by atoms with Gasteiger partial charge in [-0.05, 0) is 57.1 Å². The average Bonchev–Trinajstić information content (AvgIpc) is 2.75. The van der Waals surface area contributed by atoms with Crippen LogP contribution in [0.5, 0.6) is 17.2 Å². The summed E-state index contributed by atoms with van der Waals surface area (Å²) in [5.41, 5.74) is 2.02. The number of aliphatic carboxylic acids is 1. The molecule has 2 aromatic rings. The zero-order chi connectivity index (χ0) is 20.8. The summed E-state index contributed by atoms with van der Waals surface area (Å²) >= 11 is 0. The van der Waals surface area contributed by atoms with Gasteiger partial charge in [-0.2, -0.15) is 0 Å². The lowest BCUT2D eigenvalue weighted by Gasteiger charge is -2.38. The minimum Gasteiger partial charge on any atom is -0.497 e. The van der Waals surface area contributed by atoms with Gasteiger partial charge in [0.05, 0.1) is 32.8 Å². The number of rotatable bonds is 8. The van der Waals surface area contributed by atoms with Crippen molar-refractivity contribution in [2.75, 3.05) is 33.9 Å². The van der Waals surface area contributed by atoms with E-state index in [4.69, 9.17) is 14.2 Å². The first-order chi connectivity index (χ1) is 14.1. The molecular weight excluding hydrogens is 370 g/mol.